The molecular weight excluding hydrogens is 142 g/mol. The minimum Gasteiger partial charge on any atom is -0.479 e. The molecule has 1 atom stereocenters. The van der Waals surface area contributed by atoms with E-state index in [1.807, 2.05) is 6.92 Å². The first-order chi connectivity index (χ1) is 5.33. The van der Waals surface area contributed by atoms with Crippen LogP contribution in [0.2, 0.25) is 0 Å². The first kappa shape index (κ1) is 8.53. The smallest absolute Gasteiger partial charge is 0.183 e. The van der Waals surface area contributed by atoms with Crippen molar-refractivity contribution in [2.45, 2.75) is 19.8 Å². The Morgan fingerprint density at radius 3 is 3.09 bits per heavy atom. The molecule has 1 aliphatic rings. The summed E-state index contributed by atoms with van der Waals surface area (Å²) in [6.45, 7) is 3.83. The molecule has 3 heteroatoms. The minimum atomic E-state index is 0.257. The number of aliphatic hydroxyl groups excluding tert-OH is 1. The molecular formula is C8H15NO2. The summed E-state index contributed by atoms with van der Waals surface area (Å²) >= 11 is 0. The summed E-state index contributed by atoms with van der Waals surface area (Å²) in [6.07, 6.45) is 1.84. The maximum Gasteiger partial charge on any atom is 0.183 e. The van der Waals surface area contributed by atoms with Gasteiger partial charge in [-0.15, -0.1) is 0 Å². The Labute approximate surface area is 67.1 Å². The Hall–Kier alpha value is -0.570. The number of aliphatic imine (C=N–C) groups is 1. The van der Waals surface area contributed by atoms with Crippen LogP contribution >= 0.6 is 0 Å². The number of ether oxygens (including phenoxy) is 1. The Morgan fingerprint density at radius 1 is 1.73 bits per heavy atom. The molecule has 0 aromatic carbocycles. The van der Waals surface area contributed by atoms with Crippen molar-refractivity contribution >= 4 is 5.90 Å². The molecule has 0 spiro atoms. The van der Waals surface area contributed by atoms with Crippen LogP contribution in [0.1, 0.15) is 19.8 Å². The van der Waals surface area contributed by atoms with Crippen molar-refractivity contribution in [1.29, 1.82) is 0 Å². The van der Waals surface area contributed by atoms with Crippen LogP contribution in [0.25, 0.3) is 0 Å². The second-order valence-electron chi connectivity index (χ2n) is 2.95. The monoisotopic (exact) mass is 157 g/mol. The fraction of sp³-hybridized carbons (Fsp3) is 0.875. The molecule has 0 amide bonds. The van der Waals surface area contributed by atoms with Gasteiger partial charge < -0.3 is 9.84 Å². The molecule has 0 aliphatic carbocycles. The van der Waals surface area contributed by atoms with E-state index < -0.39 is 0 Å². The molecule has 11 heavy (non-hydrogen) atoms. The van der Waals surface area contributed by atoms with Gasteiger partial charge in [0.15, 0.2) is 5.90 Å². The van der Waals surface area contributed by atoms with Crippen molar-refractivity contribution in [1.82, 2.24) is 0 Å². The largest absolute Gasteiger partial charge is 0.479 e. The molecule has 0 radical (unpaired) electrons. The predicted molar refractivity (Wildman–Crippen MR) is 43.7 cm³/mol. The molecule has 1 aliphatic heterocycles. The molecule has 64 valence electrons. The first-order valence-corrected chi connectivity index (χ1v) is 4.10. The maximum atomic E-state index is 8.73. The lowest BCUT2D eigenvalue weighted by atomic mass is 10.1. The molecule has 0 saturated heterocycles. The summed E-state index contributed by atoms with van der Waals surface area (Å²) in [7, 11) is 0. The predicted octanol–water partition coefficient (Wildman–Crippen LogP) is 0.824. The minimum absolute atomic E-state index is 0.257. The highest BCUT2D eigenvalue weighted by molar-refractivity contribution is 5.77. The molecule has 1 N–H and O–H groups in total. The van der Waals surface area contributed by atoms with Crippen molar-refractivity contribution in [3.8, 4) is 0 Å². The maximum absolute atomic E-state index is 8.73. The van der Waals surface area contributed by atoms with Crippen LogP contribution in [0.15, 0.2) is 4.99 Å². The van der Waals surface area contributed by atoms with Crippen LogP contribution in [0.4, 0.5) is 0 Å². The van der Waals surface area contributed by atoms with E-state index in [4.69, 9.17) is 9.84 Å². The molecule has 0 bridgehead atoms. The van der Waals surface area contributed by atoms with Crippen molar-refractivity contribution in [2.75, 3.05) is 19.8 Å². The number of hydrogen-bond donors (Lipinski definition) is 1. The van der Waals surface area contributed by atoms with E-state index >= 15 is 0 Å². The highest BCUT2D eigenvalue weighted by Crippen LogP contribution is 2.08. The summed E-state index contributed by atoms with van der Waals surface area (Å²) in [5.74, 6) is 1.23. The van der Waals surface area contributed by atoms with Gasteiger partial charge in [-0.05, 0) is 12.3 Å². The standard InChI is InChI=1S/C8H15NO2/c1-7(6-10)2-3-8-9-4-5-11-8/h7,10H,2-6H2,1H3. The molecule has 1 unspecified atom stereocenters. The Kier molecular flexibility index (Phi) is 3.36. The summed E-state index contributed by atoms with van der Waals surface area (Å²) in [5.41, 5.74) is 0. The fourth-order valence-corrected chi connectivity index (χ4v) is 0.992. The average Bonchev–Trinajstić information content (AvgIpc) is 2.52. The van der Waals surface area contributed by atoms with Crippen molar-refractivity contribution in [3.05, 3.63) is 0 Å². The lowest BCUT2D eigenvalue weighted by Crippen LogP contribution is -2.05. The Morgan fingerprint density at radius 2 is 2.55 bits per heavy atom. The van der Waals surface area contributed by atoms with Gasteiger partial charge in [-0.3, -0.25) is 4.99 Å². The van der Waals surface area contributed by atoms with Crippen LogP contribution in [0, 0.1) is 5.92 Å². The van der Waals surface area contributed by atoms with E-state index in [-0.39, 0.29) is 6.61 Å². The van der Waals surface area contributed by atoms with E-state index in [1.54, 1.807) is 0 Å². The van der Waals surface area contributed by atoms with Crippen LogP contribution in [0.5, 0.6) is 0 Å². The van der Waals surface area contributed by atoms with E-state index in [2.05, 4.69) is 4.99 Å². The second-order valence-corrected chi connectivity index (χ2v) is 2.95. The third-order valence-corrected chi connectivity index (χ3v) is 1.81. The Bertz CT molecular complexity index is 145. The lowest BCUT2D eigenvalue weighted by molar-refractivity contribution is 0.229. The zero-order valence-corrected chi connectivity index (χ0v) is 6.92. The lowest BCUT2D eigenvalue weighted by Gasteiger charge is -2.06. The fourth-order valence-electron chi connectivity index (χ4n) is 0.992. The van der Waals surface area contributed by atoms with Crippen LogP contribution in [-0.4, -0.2) is 30.8 Å². The molecule has 3 nitrogen and oxygen atoms in total. The van der Waals surface area contributed by atoms with Gasteiger partial charge in [0.05, 0.1) is 6.54 Å². The van der Waals surface area contributed by atoms with Gasteiger partial charge in [0.2, 0.25) is 0 Å². The molecule has 0 fully saturated rings. The van der Waals surface area contributed by atoms with E-state index in [1.165, 1.54) is 0 Å². The summed E-state index contributed by atoms with van der Waals surface area (Å²) < 4.78 is 5.22. The summed E-state index contributed by atoms with van der Waals surface area (Å²) in [4.78, 5) is 4.15. The van der Waals surface area contributed by atoms with Crippen molar-refractivity contribution in [2.24, 2.45) is 10.9 Å². The van der Waals surface area contributed by atoms with Gasteiger partial charge in [0.25, 0.3) is 0 Å². The zero-order valence-electron chi connectivity index (χ0n) is 6.92. The van der Waals surface area contributed by atoms with Crippen LogP contribution < -0.4 is 0 Å². The van der Waals surface area contributed by atoms with Gasteiger partial charge >= 0.3 is 0 Å². The summed E-state index contributed by atoms with van der Waals surface area (Å²) in [6, 6.07) is 0. The molecule has 1 rings (SSSR count). The Balaban J connectivity index is 2.11. The third kappa shape index (κ3) is 2.89. The number of nitrogens with zero attached hydrogens (tertiary/aromatic N) is 1. The molecule has 1 heterocycles. The average molecular weight is 157 g/mol. The van der Waals surface area contributed by atoms with Gasteiger partial charge in [0, 0.05) is 13.0 Å². The first-order valence-electron chi connectivity index (χ1n) is 4.10. The highest BCUT2D eigenvalue weighted by Gasteiger charge is 2.08. The van der Waals surface area contributed by atoms with Crippen LogP contribution in [0.3, 0.4) is 0 Å². The number of aliphatic hydroxyl groups is 1. The third-order valence-electron chi connectivity index (χ3n) is 1.81. The van der Waals surface area contributed by atoms with Gasteiger partial charge in [0.1, 0.15) is 6.61 Å². The van der Waals surface area contributed by atoms with Crippen molar-refractivity contribution in [3.63, 3.8) is 0 Å². The quantitative estimate of drug-likeness (QED) is 0.656. The highest BCUT2D eigenvalue weighted by atomic mass is 16.5. The topological polar surface area (TPSA) is 41.8 Å². The SMILES string of the molecule is CC(CO)CCC1=NCCO1. The van der Waals surface area contributed by atoms with E-state index in [9.17, 15) is 0 Å². The van der Waals surface area contributed by atoms with E-state index in [0.29, 0.717) is 5.92 Å². The normalized spacial score (nSPS) is 19.3. The summed E-state index contributed by atoms with van der Waals surface area (Å²) in [5, 5.41) is 8.73. The molecule has 0 aromatic heterocycles. The molecule has 0 aromatic rings. The van der Waals surface area contributed by atoms with Gasteiger partial charge in [-0.1, -0.05) is 6.92 Å². The second kappa shape index (κ2) is 4.34. The molecule has 0 saturated carbocycles. The zero-order chi connectivity index (χ0) is 8.10. The van der Waals surface area contributed by atoms with Crippen LogP contribution in [-0.2, 0) is 4.74 Å². The number of rotatable bonds is 4. The van der Waals surface area contributed by atoms with Gasteiger partial charge in [-0.25, -0.2) is 0 Å². The number of hydrogen-bond acceptors (Lipinski definition) is 3. The van der Waals surface area contributed by atoms with Crippen molar-refractivity contribution < 1.29 is 9.84 Å². The van der Waals surface area contributed by atoms with E-state index in [0.717, 1.165) is 31.9 Å². The van der Waals surface area contributed by atoms with Gasteiger partial charge in [-0.2, -0.15) is 0 Å².